The van der Waals surface area contributed by atoms with Gasteiger partial charge >= 0.3 is 0 Å². The van der Waals surface area contributed by atoms with Crippen molar-refractivity contribution in [3.63, 3.8) is 0 Å². The van der Waals surface area contributed by atoms with Crippen LogP contribution in [0.4, 0.5) is 0 Å². The van der Waals surface area contributed by atoms with Gasteiger partial charge in [-0.3, -0.25) is 0 Å². The van der Waals surface area contributed by atoms with E-state index in [1.165, 1.54) is 10.9 Å². The van der Waals surface area contributed by atoms with E-state index in [0.29, 0.717) is 6.42 Å². The molecule has 0 fully saturated rings. The Labute approximate surface area is 76.6 Å². The summed E-state index contributed by atoms with van der Waals surface area (Å²) >= 11 is 0. The fourth-order valence-electron chi connectivity index (χ4n) is 1.48. The number of carbonyl (C=O) groups excluding carboxylic acids is 1. The van der Waals surface area contributed by atoms with Gasteiger partial charge in [0.05, 0.1) is 0 Å². The molecule has 0 unspecified atom stereocenters. The summed E-state index contributed by atoms with van der Waals surface area (Å²) in [5.74, 6) is 0. The third kappa shape index (κ3) is 1.61. The summed E-state index contributed by atoms with van der Waals surface area (Å²) in [6, 6.07) is 8.27. The van der Waals surface area contributed by atoms with Crippen LogP contribution in [0.1, 0.15) is 12.0 Å². The Balaban J connectivity index is 2.31. The molecule has 2 aromatic rings. The number of aryl methyl sites for hydroxylation is 1. The van der Waals surface area contributed by atoms with E-state index < -0.39 is 0 Å². The summed E-state index contributed by atoms with van der Waals surface area (Å²) in [4.78, 5) is 13.3. The maximum absolute atomic E-state index is 10.2. The lowest BCUT2D eigenvalue weighted by Crippen LogP contribution is -1.85. The Kier molecular flexibility index (Phi) is 2.13. The smallest absolute Gasteiger partial charge is 0.120 e. The zero-order chi connectivity index (χ0) is 9.10. The highest BCUT2D eigenvalue weighted by Gasteiger charge is 1.96. The molecule has 0 aliphatic rings. The third-order valence-corrected chi connectivity index (χ3v) is 2.17. The number of carbonyl (C=O) groups is 1. The standard InChI is InChI=1S/C11H11NO/c13-7-1-2-9-3-4-11-10(8-9)5-6-12-11/h3-8,12H,1-2H2. The first-order valence-electron chi connectivity index (χ1n) is 4.40. The number of nitrogens with one attached hydrogen (secondary N) is 1. The maximum Gasteiger partial charge on any atom is 0.120 e. The van der Waals surface area contributed by atoms with Crippen LogP contribution in [-0.2, 0) is 11.2 Å². The zero-order valence-electron chi connectivity index (χ0n) is 7.29. The Hall–Kier alpha value is -1.57. The van der Waals surface area contributed by atoms with Crippen molar-refractivity contribution in [3.05, 3.63) is 36.0 Å². The monoisotopic (exact) mass is 173 g/mol. The molecule has 0 aliphatic carbocycles. The van der Waals surface area contributed by atoms with Crippen molar-refractivity contribution in [2.75, 3.05) is 0 Å². The van der Waals surface area contributed by atoms with Crippen molar-refractivity contribution in [1.82, 2.24) is 4.98 Å². The van der Waals surface area contributed by atoms with E-state index in [0.717, 1.165) is 18.2 Å². The lowest BCUT2D eigenvalue weighted by Gasteiger charge is -1.97. The number of hydrogen-bond acceptors (Lipinski definition) is 1. The molecule has 0 amide bonds. The van der Waals surface area contributed by atoms with Crippen molar-refractivity contribution < 1.29 is 4.79 Å². The maximum atomic E-state index is 10.2. The number of rotatable bonds is 3. The molecule has 2 rings (SSSR count). The highest BCUT2D eigenvalue weighted by molar-refractivity contribution is 5.79. The van der Waals surface area contributed by atoms with E-state index in [-0.39, 0.29) is 0 Å². The van der Waals surface area contributed by atoms with Gasteiger partial charge in [0.25, 0.3) is 0 Å². The molecule has 1 aromatic heterocycles. The Morgan fingerprint density at radius 2 is 2.23 bits per heavy atom. The van der Waals surface area contributed by atoms with Crippen LogP contribution in [0, 0.1) is 0 Å². The molecular formula is C11H11NO. The highest BCUT2D eigenvalue weighted by atomic mass is 16.1. The molecule has 2 nitrogen and oxygen atoms in total. The van der Waals surface area contributed by atoms with Crippen LogP contribution in [0.5, 0.6) is 0 Å². The minimum Gasteiger partial charge on any atom is -0.361 e. The summed E-state index contributed by atoms with van der Waals surface area (Å²) in [6.07, 6.45) is 4.33. The van der Waals surface area contributed by atoms with Crippen LogP contribution in [0.15, 0.2) is 30.5 Å². The largest absolute Gasteiger partial charge is 0.361 e. The van der Waals surface area contributed by atoms with E-state index in [1.807, 2.05) is 12.3 Å². The number of fused-ring (bicyclic) bond motifs is 1. The molecule has 0 bridgehead atoms. The van der Waals surface area contributed by atoms with E-state index in [9.17, 15) is 4.79 Å². The molecule has 0 aliphatic heterocycles. The quantitative estimate of drug-likeness (QED) is 0.710. The third-order valence-electron chi connectivity index (χ3n) is 2.17. The van der Waals surface area contributed by atoms with Gasteiger partial charge in [-0.25, -0.2) is 0 Å². The molecule has 0 spiro atoms. The number of H-pyrrole nitrogens is 1. The lowest BCUT2D eigenvalue weighted by atomic mass is 10.1. The minimum absolute atomic E-state index is 0.607. The van der Waals surface area contributed by atoms with Crippen LogP contribution in [-0.4, -0.2) is 11.3 Å². The first-order chi connectivity index (χ1) is 6.40. The van der Waals surface area contributed by atoms with Gasteiger partial charge in [-0.2, -0.15) is 0 Å². The molecule has 1 heterocycles. The molecule has 0 radical (unpaired) electrons. The molecule has 0 saturated carbocycles. The lowest BCUT2D eigenvalue weighted by molar-refractivity contribution is -0.107. The van der Waals surface area contributed by atoms with Crippen LogP contribution in [0.3, 0.4) is 0 Å². The number of aldehydes is 1. The molecule has 1 aromatic carbocycles. The Morgan fingerprint density at radius 3 is 3.08 bits per heavy atom. The predicted molar refractivity (Wildman–Crippen MR) is 52.7 cm³/mol. The Morgan fingerprint density at radius 1 is 1.31 bits per heavy atom. The molecule has 0 atom stereocenters. The SMILES string of the molecule is O=CCCc1ccc2[nH]ccc2c1. The second-order valence-corrected chi connectivity index (χ2v) is 3.10. The number of benzene rings is 1. The van der Waals surface area contributed by atoms with Gasteiger partial charge in [0.2, 0.25) is 0 Å². The second kappa shape index (κ2) is 3.44. The van der Waals surface area contributed by atoms with E-state index in [1.54, 1.807) is 0 Å². The van der Waals surface area contributed by atoms with Crippen molar-refractivity contribution in [2.24, 2.45) is 0 Å². The topological polar surface area (TPSA) is 32.9 Å². The van der Waals surface area contributed by atoms with Crippen LogP contribution in [0.25, 0.3) is 10.9 Å². The molecular weight excluding hydrogens is 162 g/mol. The summed E-state index contributed by atoms with van der Waals surface area (Å²) in [7, 11) is 0. The number of aromatic nitrogens is 1. The van der Waals surface area contributed by atoms with Gasteiger partial charge in [-0.15, -0.1) is 0 Å². The summed E-state index contributed by atoms with van der Waals surface area (Å²) in [5, 5.41) is 1.21. The molecule has 66 valence electrons. The molecule has 2 heteroatoms. The average molecular weight is 173 g/mol. The minimum atomic E-state index is 0.607. The summed E-state index contributed by atoms with van der Waals surface area (Å²) in [5.41, 5.74) is 2.37. The van der Waals surface area contributed by atoms with Gasteiger partial charge in [-0.05, 0) is 35.6 Å². The predicted octanol–water partition coefficient (Wildman–Crippen LogP) is 2.30. The van der Waals surface area contributed by atoms with E-state index >= 15 is 0 Å². The summed E-state index contributed by atoms with van der Waals surface area (Å²) in [6.45, 7) is 0. The second-order valence-electron chi connectivity index (χ2n) is 3.10. The molecule has 0 saturated heterocycles. The van der Waals surface area contributed by atoms with Crippen LogP contribution >= 0.6 is 0 Å². The fourth-order valence-corrected chi connectivity index (χ4v) is 1.48. The first kappa shape index (κ1) is 8.05. The fraction of sp³-hybridized carbons (Fsp3) is 0.182. The van der Waals surface area contributed by atoms with E-state index in [4.69, 9.17) is 0 Å². The first-order valence-corrected chi connectivity index (χ1v) is 4.40. The van der Waals surface area contributed by atoms with Gasteiger partial charge in [0.15, 0.2) is 0 Å². The van der Waals surface area contributed by atoms with E-state index in [2.05, 4.69) is 23.2 Å². The van der Waals surface area contributed by atoms with Crippen LogP contribution in [0.2, 0.25) is 0 Å². The van der Waals surface area contributed by atoms with Crippen molar-refractivity contribution in [2.45, 2.75) is 12.8 Å². The van der Waals surface area contributed by atoms with Gasteiger partial charge in [0, 0.05) is 18.1 Å². The number of aromatic amines is 1. The normalized spacial score (nSPS) is 10.5. The van der Waals surface area contributed by atoms with Gasteiger partial charge in [0.1, 0.15) is 6.29 Å². The summed E-state index contributed by atoms with van der Waals surface area (Å²) < 4.78 is 0. The average Bonchev–Trinajstić information content (AvgIpc) is 2.61. The molecule has 1 N–H and O–H groups in total. The van der Waals surface area contributed by atoms with Crippen molar-refractivity contribution in [3.8, 4) is 0 Å². The van der Waals surface area contributed by atoms with Crippen molar-refractivity contribution >= 4 is 17.2 Å². The van der Waals surface area contributed by atoms with Crippen LogP contribution < -0.4 is 0 Å². The van der Waals surface area contributed by atoms with Gasteiger partial charge in [-0.1, -0.05) is 6.07 Å². The number of hydrogen-bond donors (Lipinski definition) is 1. The zero-order valence-corrected chi connectivity index (χ0v) is 7.29. The Bertz CT molecular complexity index is 417. The van der Waals surface area contributed by atoms with Crippen molar-refractivity contribution in [1.29, 1.82) is 0 Å². The highest BCUT2D eigenvalue weighted by Crippen LogP contribution is 2.14. The molecule has 13 heavy (non-hydrogen) atoms. The van der Waals surface area contributed by atoms with Gasteiger partial charge < -0.3 is 9.78 Å².